The van der Waals surface area contributed by atoms with Crippen molar-refractivity contribution in [3.05, 3.63) is 59.7 Å². The second-order valence-corrected chi connectivity index (χ2v) is 18.0. The van der Waals surface area contributed by atoms with Gasteiger partial charge in [0.1, 0.15) is 25.4 Å². The van der Waals surface area contributed by atoms with E-state index >= 15 is 0 Å². The van der Waals surface area contributed by atoms with Crippen LogP contribution in [0.25, 0.3) is 6.08 Å². The maximum Gasteiger partial charge on any atom is 0.332 e. The molecule has 2 amide bonds. The van der Waals surface area contributed by atoms with E-state index < -0.39 is 68.4 Å². The van der Waals surface area contributed by atoms with Gasteiger partial charge in [-0.15, -0.1) is 0 Å². The van der Waals surface area contributed by atoms with Gasteiger partial charge >= 0.3 is 11.9 Å². The number of hydrogen-bond acceptors (Lipinski definition) is 11. The summed E-state index contributed by atoms with van der Waals surface area (Å²) in [5.41, 5.74) is 1.05. The van der Waals surface area contributed by atoms with Crippen LogP contribution in [0.2, 0.25) is 0 Å². The molecule has 1 heterocycles. The van der Waals surface area contributed by atoms with Crippen molar-refractivity contribution < 1.29 is 46.5 Å². The maximum atomic E-state index is 14.5. The van der Waals surface area contributed by atoms with E-state index in [1.54, 1.807) is 51.2 Å². The number of ether oxygens (including phenoxy) is 4. The molecular weight excluding hydrogens is 717 g/mol. The number of hydrogen-bond donors (Lipinski definition) is 3. The van der Waals surface area contributed by atoms with Crippen molar-refractivity contribution in [3.8, 4) is 0 Å². The van der Waals surface area contributed by atoms with Crippen LogP contribution in [0.5, 0.6) is 0 Å². The minimum absolute atomic E-state index is 0.0368. The smallest absolute Gasteiger partial charge is 0.332 e. The number of nitrogens with one attached hydrogen (secondary N) is 3. The highest BCUT2D eigenvalue weighted by atomic mass is 32.2. The number of methoxy groups -OCH3 is 2. The fourth-order valence-electron chi connectivity index (χ4n) is 6.60. The molecule has 1 aromatic heterocycles. The second-order valence-electron chi connectivity index (χ2n) is 15.2. The van der Waals surface area contributed by atoms with Crippen molar-refractivity contribution in [2.45, 2.75) is 108 Å². The molecule has 2 aliphatic rings. The molecule has 0 spiro atoms. The lowest BCUT2D eigenvalue weighted by atomic mass is 9.82. The van der Waals surface area contributed by atoms with Gasteiger partial charge in [-0.25, -0.2) is 23.0 Å². The van der Waals surface area contributed by atoms with Crippen LogP contribution in [-0.4, -0.2) is 104 Å². The summed E-state index contributed by atoms with van der Waals surface area (Å²) < 4.78 is 47.7. The Bertz CT molecular complexity index is 1660. The fraction of sp³-hybridized carbons (Fsp3) is 0.615. The molecule has 2 saturated carbocycles. The largest absolute Gasteiger partial charge is 0.456 e. The molecule has 0 bridgehead atoms. The van der Waals surface area contributed by atoms with Gasteiger partial charge in [-0.1, -0.05) is 62.4 Å². The Balaban J connectivity index is 1.71. The van der Waals surface area contributed by atoms with Crippen LogP contribution in [0.15, 0.2) is 48.4 Å². The minimum Gasteiger partial charge on any atom is -0.456 e. The van der Waals surface area contributed by atoms with E-state index in [1.807, 2.05) is 6.07 Å². The Morgan fingerprint density at radius 1 is 0.926 bits per heavy atom. The Labute approximate surface area is 318 Å². The van der Waals surface area contributed by atoms with E-state index in [4.69, 9.17) is 18.9 Å². The number of aromatic nitrogens is 2. The van der Waals surface area contributed by atoms with E-state index in [0.29, 0.717) is 17.7 Å². The Morgan fingerprint density at radius 3 is 2.15 bits per heavy atom. The number of sulfone groups is 1. The standard InChI is InChI=1S/C39H56N4O10S/c1-39(2,3)54(48,49)24-29(18-26-12-8-6-9-13-26)37(46)43-32(20-30-21-40-25-41-30)38(47)42-31(19-27-14-10-7-11-15-27)36(53-34(45)23-51-5)35(28-16-17-28)52-33(44)22-50-4/h6,8-9,12-13,18,21,25,27-28,31-32,35-36H,7,10-11,14-17,19-20,22-24H2,1-5H3,(H,40,41)(H,42,47)(H,43,46)/t31-,32-,35-,36+/m0/s1. The predicted octanol–water partition coefficient (Wildman–Crippen LogP) is 3.72. The van der Waals surface area contributed by atoms with Gasteiger partial charge in [0, 0.05) is 32.4 Å². The number of amides is 2. The van der Waals surface area contributed by atoms with Gasteiger partial charge < -0.3 is 34.6 Å². The molecule has 298 valence electrons. The molecule has 2 aliphatic carbocycles. The van der Waals surface area contributed by atoms with Crippen LogP contribution in [0.1, 0.15) is 83.4 Å². The highest BCUT2D eigenvalue weighted by molar-refractivity contribution is 7.92. The second kappa shape index (κ2) is 20.0. The van der Waals surface area contributed by atoms with Crippen molar-refractivity contribution in [1.82, 2.24) is 20.6 Å². The number of imidazole rings is 1. The summed E-state index contributed by atoms with van der Waals surface area (Å²) in [5.74, 6) is -3.13. The molecule has 54 heavy (non-hydrogen) atoms. The number of benzene rings is 1. The van der Waals surface area contributed by atoms with Crippen molar-refractivity contribution >= 4 is 39.7 Å². The molecule has 0 aliphatic heterocycles. The van der Waals surface area contributed by atoms with Crippen molar-refractivity contribution in [2.75, 3.05) is 33.2 Å². The summed E-state index contributed by atoms with van der Waals surface area (Å²) in [6.07, 6.45) is 9.42. The number of aromatic amines is 1. The van der Waals surface area contributed by atoms with Crippen LogP contribution in [0, 0.1) is 11.8 Å². The topological polar surface area (TPSA) is 192 Å². The summed E-state index contributed by atoms with van der Waals surface area (Å²) in [4.78, 5) is 61.7. The van der Waals surface area contributed by atoms with Gasteiger partial charge in [0.05, 0.1) is 28.6 Å². The fourth-order valence-corrected chi connectivity index (χ4v) is 7.66. The number of carbonyl (C=O) groups is 4. The summed E-state index contributed by atoms with van der Waals surface area (Å²) in [7, 11) is -1.07. The van der Waals surface area contributed by atoms with Gasteiger partial charge in [-0.3, -0.25) is 9.59 Å². The molecule has 3 N–H and O–H groups in total. The zero-order valence-corrected chi connectivity index (χ0v) is 32.8. The number of nitrogens with zero attached hydrogens (tertiary/aromatic N) is 1. The SMILES string of the molecule is COCC(=O)O[C@H]([C@H](CC1CCCCC1)NC(=O)[C@H](Cc1c[nH]cn1)NC(=O)C(=Cc1ccccc1)CS(=O)(=O)C(C)(C)C)[C@@H](OC(=O)COC)C1CC1. The normalized spacial score (nSPS) is 17.8. The molecule has 14 nitrogen and oxygen atoms in total. The van der Waals surface area contributed by atoms with Crippen LogP contribution in [0.3, 0.4) is 0 Å². The number of carbonyl (C=O) groups excluding carboxylic acids is 4. The van der Waals surface area contributed by atoms with Crippen LogP contribution >= 0.6 is 0 Å². The Morgan fingerprint density at radius 2 is 1.57 bits per heavy atom. The van der Waals surface area contributed by atoms with E-state index in [9.17, 15) is 27.6 Å². The average molecular weight is 773 g/mol. The van der Waals surface area contributed by atoms with E-state index in [0.717, 1.165) is 44.9 Å². The Kier molecular flexibility index (Phi) is 15.8. The predicted molar refractivity (Wildman–Crippen MR) is 202 cm³/mol. The van der Waals surface area contributed by atoms with Crippen molar-refractivity contribution in [1.29, 1.82) is 0 Å². The van der Waals surface area contributed by atoms with Crippen molar-refractivity contribution in [2.24, 2.45) is 11.8 Å². The molecule has 4 rings (SSSR count). The zero-order valence-electron chi connectivity index (χ0n) is 32.0. The lowest BCUT2D eigenvalue weighted by molar-refractivity contribution is -0.177. The number of rotatable bonds is 20. The molecule has 15 heteroatoms. The molecule has 0 unspecified atom stereocenters. The van der Waals surface area contributed by atoms with Gasteiger partial charge in [0.25, 0.3) is 0 Å². The third-order valence-corrected chi connectivity index (χ3v) is 12.4. The quantitative estimate of drug-likeness (QED) is 0.131. The molecule has 4 atom stereocenters. The summed E-state index contributed by atoms with van der Waals surface area (Å²) in [5, 5.41) is 5.89. The van der Waals surface area contributed by atoms with Gasteiger partial charge in [0.2, 0.25) is 11.8 Å². The van der Waals surface area contributed by atoms with Crippen LogP contribution < -0.4 is 10.6 Å². The van der Waals surface area contributed by atoms with E-state index in [-0.39, 0.29) is 37.0 Å². The maximum absolute atomic E-state index is 14.5. The van der Waals surface area contributed by atoms with Crippen LogP contribution in [-0.2, 0) is 54.4 Å². The van der Waals surface area contributed by atoms with Crippen LogP contribution in [0.4, 0.5) is 0 Å². The monoisotopic (exact) mass is 772 g/mol. The molecule has 2 fully saturated rings. The van der Waals surface area contributed by atoms with Gasteiger partial charge in [0.15, 0.2) is 15.9 Å². The first-order chi connectivity index (χ1) is 25.7. The lowest BCUT2D eigenvalue weighted by Crippen LogP contribution is -2.58. The molecule has 0 saturated heterocycles. The third kappa shape index (κ3) is 13.0. The van der Waals surface area contributed by atoms with E-state index in [1.165, 1.54) is 26.6 Å². The number of esters is 2. The lowest BCUT2D eigenvalue weighted by Gasteiger charge is -2.36. The third-order valence-electron chi connectivity index (χ3n) is 9.81. The highest BCUT2D eigenvalue weighted by Gasteiger charge is 2.46. The summed E-state index contributed by atoms with van der Waals surface area (Å²) >= 11 is 0. The average Bonchev–Trinajstić information content (AvgIpc) is 3.84. The number of H-pyrrole nitrogens is 1. The molecule has 1 aromatic carbocycles. The summed E-state index contributed by atoms with van der Waals surface area (Å²) in [6.45, 7) is 4.05. The first kappa shape index (κ1) is 42.7. The van der Waals surface area contributed by atoms with E-state index in [2.05, 4.69) is 20.6 Å². The van der Waals surface area contributed by atoms with Crippen molar-refractivity contribution in [3.63, 3.8) is 0 Å². The molecular formula is C39H56N4O10S. The minimum atomic E-state index is -3.81. The van der Waals surface area contributed by atoms with Gasteiger partial charge in [-0.05, 0) is 63.5 Å². The van der Waals surface area contributed by atoms with Gasteiger partial charge in [-0.2, -0.15) is 0 Å². The first-order valence-corrected chi connectivity index (χ1v) is 20.3. The zero-order chi connectivity index (χ0) is 39.3. The molecule has 2 aromatic rings. The summed E-state index contributed by atoms with van der Waals surface area (Å²) in [6, 6.07) is 6.82. The molecule has 0 radical (unpaired) electrons. The first-order valence-electron chi connectivity index (χ1n) is 18.6. The Hall–Kier alpha value is -4.08. The highest BCUT2D eigenvalue weighted by Crippen LogP contribution is 2.39.